The highest BCUT2D eigenvalue weighted by molar-refractivity contribution is 7.99. The van der Waals surface area contributed by atoms with Crippen LogP contribution in [0.1, 0.15) is 59.3 Å². The summed E-state index contributed by atoms with van der Waals surface area (Å²) in [6.45, 7) is 6.90. The predicted octanol–water partition coefficient (Wildman–Crippen LogP) is 4.74. The highest BCUT2D eigenvalue weighted by Gasteiger charge is 1.94. The standard InChI is InChI=1S/C12H26S/c1-4-5-7-10-13-11-8-6-9-12(2)3/h12H,4-11H2,1-3H3. The van der Waals surface area contributed by atoms with Crippen LogP contribution >= 0.6 is 11.8 Å². The molecule has 0 N–H and O–H groups in total. The van der Waals surface area contributed by atoms with Crippen molar-refractivity contribution in [3.8, 4) is 0 Å². The minimum atomic E-state index is 0.894. The summed E-state index contributed by atoms with van der Waals surface area (Å²) in [4.78, 5) is 0. The zero-order valence-electron chi connectivity index (χ0n) is 9.64. The molecule has 0 radical (unpaired) electrons. The molecule has 0 aromatic heterocycles. The fourth-order valence-corrected chi connectivity index (χ4v) is 2.33. The van der Waals surface area contributed by atoms with E-state index < -0.39 is 0 Å². The SMILES string of the molecule is CCCCCSCCCCC(C)C. The van der Waals surface area contributed by atoms with Crippen molar-refractivity contribution in [1.29, 1.82) is 0 Å². The predicted molar refractivity (Wildman–Crippen MR) is 65.5 cm³/mol. The molecule has 0 amide bonds. The second-order valence-corrected chi connectivity index (χ2v) is 5.43. The molecular weight excluding hydrogens is 176 g/mol. The molecule has 0 aliphatic carbocycles. The van der Waals surface area contributed by atoms with E-state index in [0.29, 0.717) is 0 Å². The molecule has 1 heteroatoms. The van der Waals surface area contributed by atoms with Gasteiger partial charge in [-0.25, -0.2) is 0 Å². The Hall–Kier alpha value is 0.350. The van der Waals surface area contributed by atoms with E-state index >= 15 is 0 Å². The second-order valence-electron chi connectivity index (χ2n) is 4.21. The molecule has 0 unspecified atom stereocenters. The summed E-state index contributed by atoms with van der Waals surface area (Å²) in [6, 6.07) is 0. The molecule has 0 spiro atoms. The summed E-state index contributed by atoms with van der Waals surface area (Å²) in [5.74, 6) is 3.66. The van der Waals surface area contributed by atoms with E-state index in [0.717, 1.165) is 5.92 Å². The van der Waals surface area contributed by atoms with Crippen LogP contribution in [0.25, 0.3) is 0 Å². The van der Waals surface area contributed by atoms with Gasteiger partial charge >= 0.3 is 0 Å². The lowest BCUT2D eigenvalue weighted by Crippen LogP contribution is -1.89. The number of unbranched alkanes of at least 4 members (excludes halogenated alkanes) is 3. The van der Waals surface area contributed by atoms with Crippen LogP contribution in [-0.2, 0) is 0 Å². The molecule has 0 aliphatic heterocycles. The molecule has 0 rings (SSSR count). The Morgan fingerprint density at radius 3 is 2.08 bits per heavy atom. The third-order valence-electron chi connectivity index (χ3n) is 2.21. The summed E-state index contributed by atoms with van der Waals surface area (Å²) in [5, 5.41) is 0. The van der Waals surface area contributed by atoms with E-state index in [1.165, 1.54) is 50.0 Å². The van der Waals surface area contributed by atoms with Crippen molar-refractivity contribution in [2.75, 3.05) is 11.5 Å². The highest BCUT2D eigenvalue weighted by atomic mass is 32.2. The van der Waals surface area contributed by atoms with Gasteiger partial charge in [-0.15, -0.1) is 0 Å². The van der Waals surface area contributed by atoms with Crippen LogP contribution in [0.3, 0.4) is 0 Å². The maximum atomic E-state index is 2.31. The van der Waals surface area contributed by atoms with Crippen LogP contribution in [0, 0.1) is 5.92 Å². The molecule has 0 nitrogen and oxygen atoms in total. The molecule has 0 heterocycles. The van der Waals surface area contributed by atoms with Gasteiger partial charge in [0, 0.05) is 0 Å². The molecular formula is C12H26S. The average Bonchev–Trinajstić information content (AvgIpc) is 2.09. The number of rotatable bonds is 9. The molecule has 0 aliphatic rings. The quantitative estimate of drug-likeness (QED) is 0.487. The van der Waals surface area contributed by atoms with Crippen molar-refractivity contribution >= 4 is 11.8 Å². The van der Waals surface area contributed by atoms with E-state index in [2.05, 4.69) is 32.5 Å². The van der Waals surface area contributed by atoms with Crippen LogP contribution < -0.4 is 0 Å². The Morgan fingerprint density at radius 1 is 0.923 bits per heavy atom. The smallest absolute Gasteiger partial charge is 0.00675 e. The first kappa shape index (κ1) is 13.4. The van der Waals surface area contributed by atoms with Gasteiger partial charge in [-0.3, -0.25) is 0 Å². The topological polar surface area (TPSA) is 0 Å². The first-order chi connectivity index (χ1) is 6.27. The van der Waals surface area contributed by atoms with E-state index in [1.807, 2.05) is 0 Å². The van der Waals surface area contributed by atoms with Crippen molar-refractivity contribution < 1.29 is 0 Å². The van der Waals surface area contributed by atoms with Crippen molar-refractivity contribution in [3.63, 3.8) is 0 Å². The van der Waals surface area contributed by atoms with Gasteiger partial charge in [-0.05, 0) is 30.3 Å². The second kappa shape index (κ2) is 10.4. The molecule has 0 atom stereocenters. The third kappa shape index (κ3) is 12.4. The Balaban J connectivity index is 2.84. The van der Waals surface area contributed by atoms with Crippen LogP contribution in [-0.4, -0.2) is 11.5 Å². The van der Waals surface area contributed by atoms with Gasteiger partial charge < -0.3 is 0 Å². The van der Waals surface area contributed by atoms with Crippen molar-refractivity contribution in [3.05, 3.63) is 0 Å². The van der Waals surface area contributed by atoms with Crippen molar-refractivity contribution in [1.82, 2.24) is 0 Å². The lowest BCUT2D eigenvalue weighted by Gasteiger charge is -2.03. The number of hydrogen-bond acceptors (Lipinski definition) is 1. The van der Waals surface area contributed by atoms with E-state index in [1.54, 1.807) is 0 Å². The van der Waals surface area contributed by atoms with Gasteiger partial charge in [0.15, 0.2) is 0 Å². The van der Waals surface area contributed by atoms with Crippen LogP contribution in [0.15, 0.2) is 0 Å². The van der Waals surface area contributed by atoms with Gasteiger partial charge in [0.05, 0.1) is 0 Å². The third-order valence-corrected chi connectivity index (χ3v) is 3.37. The summed E-state index contributed by atoms with van der Waals surface area (Å²) in [5.41, 5.74) is 0. The normalized spacial score (nSPS) is 11.1. The molecule has 0 aromatic rings. The van der Waals surface area contributed by atoms with Gasteiger partial charge in [0.1, 0.15) is 0 Å². The highest BCUT2D eigenvalue weighted by Crippen LogP contribution is 2.12. The van der Waals surface area contributed by atoms with Gasteiger partial charge in [0.2, 0.25) is 0 Å². The van der Waals surface area contributed by atoms with Gasteiger partial charge in [0.25, 0.3) is 0 Å². The molecule has 0 saturated heterocycles. The van der Waals surface area contributed by atoms with Crippen LogP contribution in [0.2, 0.25) is 0 Å². The maximum Gasteiger partial charge on any atom is -0.00675 e. The molecule has 0 saturated carbocycles. The first-order valence-electron chi connectivity index (χ1n) is 5.85. The van der Waals surface area contributed by atoms with Crippen LogP contribution in [0.4, 0.5) is 0 Å². The Labute approximate surface area is 88.9 Å². The molecule has 0 fully saturated rings. The van der Waals surface area contributed by atoms with E-state index in [-0.39, 0.29) is 0 Å². The number of hydrogen-bond donors (Lipinski definition) is 0. The Bertz CT molecular complexity index is 89.1. The lowest BCUT2D eigenvalue weighted by atomic mass is 10.1. The summed E-state index contributed by atoms with van der Waals surface area (Å²) >= 11 is 2.14. The zero-order valence-corrected chi connectivity index (χ0v) is 10.5. The molecule has 80 valence electrons. The van der Waals surface area contributed by atoms with Crippen molar-refractivity contribution in [2.45, 2.75) is 59.3 Å². The summed E-state index contributed by atoms with van der Waals surface area (Å²) in [6.07, 6.45) is 8.46. The zero-order chi connectivity index (χ0) is 9.94. The molecule has 13 heavy (non-hydrogen) atoms. The van der Waals surface area contributed by atoms with E-state index in [9.17, 15) is 0 Å². The number of thioether (sulfide) groups is 1. The fraction of sp³-hybridized carbons (Fsp3) is 1.00. The first-order valence-corrected chi connectivity index (χ1v) is 7.00. The average molecular weight is 202 g/mol. The lowest BCUT2D eigenvalue weighted by molar-refractivity contribution is 0.551. The largest absolute Gasteiger partial charge is 0.162 e. The Kier molecular flexibility index (Phi) is 10.7. The van der Waals surface area contributed by atoms with Gasteiger partial charge in [-0.2, -0.15) is 11.8 Å². The maximum absolute atomic E-state index is 2.31. The minimum Gasteiger partial charge on any atom is -0.162 e. The summed E-state index contributed by atoms with van der Waals surface area (Å²) in [7, 11) is 0. The Morgan fingerprint density at radius 2 is 1.54 bits per heavy atom. The molecule has 0 aromatic carbocycles. The van der Waals surface area contributed by atoms with Gasteiger partial charge in [-0.1, -0.05) is 46.5 Å². The molecule has 0 bridgehead atoms. The van der Waals surface area contributed by atoms with E-state index in [4.69, 9.17) is 0 Å². The van der Waals surface area contributed by atoms with Crippen LogP contribution in [0.5, 0.6) is 0 Å². The van der Waals surface area contributed by atoms with Crippen molar-refractivity contribution in [2.24, 2.45) is 5.92 Å². The minimum absolute atomic E-state index is 0.894. The monoisotopic (exact) mass is 202 g/mol. The fourth-order valence-electron chi connectivity index (χ4n) is 1.31. The summed E-state index contributed by atoms with van der Waals surface area (Å²) < 4.78 is 0.